The third kappa shape index (κ3) is 6.04. The van der Waals surface area contributed by atoms with Crippen molar-refractivity contribution in [3.63, 3.8) is 0 Å². The van der Waals surface area contributed by atoms with Gasteiger partial charge in [-0.15, -0.1) is 0 Å². The number of ether oxygens (including phenoxy) is 2. The Labute approximate surface area is 224 Å². The minimum atomic E-state index is -0.712. The monoisotopic (exact) mass is 523 g/mol. The second-order valence-electron chi connectivity index (χ2n) is 8.95. The topological polar surface area (TPSA) is 114 Å². The van der Waals surface area contributed by atoms with E-state index in [-0.39, 0.29) is 18.9 Å². The molecule has 1 atom stereocenters. The Morgan fingerprint density at radius 1 is 0.821 bits per heavy atom. The fourth-order valence-electron chi connectivity index (χ4n) is 4.30. The Kier molecular flexibility index (Phi) is 7.49. The lowest BCUT2D eigenvalue weighted by molar-refractivity contribution is -0.152. The third-order valence-corrected chi connectivity index (χ3v) is 6.28. The maximum absolute atomic E-state index is 12.6. The lowest BCUT2D eigenvalue weighted by Crippen LogP contribution is -2.43. The Hall–Kier alpha value is -5.18. The molecule has 0 aliphatic carbocycles. The maximum atomic E-state index is 12.6. The summed E-state index contributed by atoms with van der Waals surface area (Å²) in [6.07, 6.45) is -0.0283. The predicted octanol–water partition coefficient (Wildman–Crippen LogP) is 3.99. The van der Waals surface area contributed by atoms with Crippen LogP contribution in [0.1, 0.15) is 16.8 Å². The molecule has 1 heterocycles. The second-order valence-corrected chi connectivity index (χ2v) is 8.95. The Bertz CT molecular complexity index is 1520. The molecule has 4 aromatic rings. The van der Waals surface area contributed by atoms with E-state index in [9.17, 15) is 19.2 Å². The van der Waals surface area contributed by atoms with Crippen LogP contribution in [0, 0.1) is 5.92 Å². The minimum absolute atomic E-state index is 0.0283. The zero-order valence-electron chi connectivity index (χ0n) is 20.8. The van der Waals surface area contributed by atoms with Crippen LogP contribution in [-0.4, -0.2) is 36.8 Å². The maximum Gasteiger partial charge on any atom is 0.311 e. The number of benzene rings is 4. The van der Waals surface area contributed by atoms with Crippen LogP contribution in [0.4, 0.5) is 5.69 Å². The predicted molar refractivity (Wildman–Crippen MR) is 144 cm³/mol. The van der Waals surface area contributed by atoms with Gasteiger partial charge in [-0.25, -0.2) is 0 Å². The number of nitrogens with one attached hydrogen (secondary N) is 2. The first-order valence-corrected chi connectivity index (χ1v) is 12.3. The SMILES string of the molecule is O=C(COC(=O)[C@@H]1CC(=O)N(c2ccc(Oc3cccc4ccccc34)cc2)C1)NNC(=O)c1ccccc1. The molecule has 2 N–H and O–H groups in total. The summed E-state index contributed by atoms with van der Waals surface area (Å²) in [6.45, 7) is -0.452. The number of anilines is 1. The number of amides is 3. The van der Waals surface area contributed by atoms with Gasteiger partial charge in [0.1, 0.15) is 11.5 Å². The van der Waals surface area contributed by atoms with Crippen molar-refractivity contribution in [2.45, 2.75) is 6.42 Å². The van der Waals surface area contributed by atoms with E-state index in [1.165, 1.54) is 4.90 Å². The van der Waals surface area contributed by atoms with Crippen LogP contribution >= 0.6 is 0 Å². The summed E-state index contributed by atoms with van der Waals surface area (Å²) in [6, 6.07) is 29.2. The van der Waals surface area contributed by atoms with Crippen LogP contribution in [-0.2, 0) is 19.1 Å². The zero-order chi connectivity index (χ0) is 27.2. The molecule has 3 amide bonds. The summed E-state index contributed by atoms with van der Waals surface area (Å²) in [4.78, 5) is 50.6. The molecular weight excluding hydrogens is 498 g/mol. The molecular formula is C30H25N3O6. The molecule has 0 unspecified atom stereocenters. The first-order chi connectivity index (χ1) is 19.0. The number of nitrogens with zero attached hydrogens (tertiary/aromatic N) is 1. The van der Waals surface area contributed by atoms with Gasteiger partial charge in [-0.2, -0.15) is 0 Å². The third-order valence-electron chi connectivity index (χ3n) is 6.28. The molecule has 0 radical (unpaired) electrons. The van der Waals surface area contributed by atoms with Crippen molar-refractivity contribution < 1.29 is 28.7 Å². The molecule has 39 heavy (non-hydrogen) atoms. The van der Waals surface area contributed by atoms with Crippen LogP contribution in [0.5, 0.6) is 11.5 Å². The van der Waals surface area contributed by atoms with E-state index in [2.05, 4.69) is 10.9 Å². The Balaban J connectivity index is 1.12. The number of hydrogen-bond acceptors (Lipinski definition) is 6. The van der Waals surface area contributed by atoms with Gasteiger partial charge < -0.3 is 14.4 Å². The van der Waals surface area contributed by atoms with E-state index in [1.807, 2.05) is 42.5 Å². The minimum Gasteiger partial charge on any atom is -0.457 e. The van der Waals surface area contributed by atoms with Crippen molar-refractivity contribution >= 4 is 40.2 Å². The van der Waals surface area contributed by atoms with Crippen molar-refractivity contribution in [2.75, 3.05) is 18.1 Å². The van der Waals surface area contributed by atoms with Gasteiger partial charge >= 0.3 is 5.97 Å². The molecule has 0 saturated carbocycles. The van der Waals surface area contributed by atoms with E-state index in [1.54, 1.807) is 54.6 Å². The number of rotatable bonds is 7. The first kappa shape index (κ1) is 25.5. The van der Waals surface area contributed by atoms with Gasteiger partial charge in [-0.3, -0.25) is 30.0 Å². The van der Waals surface area contributed by atoms with E-state index in [4.69, 9.17) is 9.47 Å². The zero-order valence-corrected chi connectivity index (χ0v) is 20.8. The van der Waals surface area contributed by atoms with Gasteiger partial charge in [-0.1, -0.05) is 54.6 Å². The van der Waals surface area contributed by atoms with Gasteiger partial charge in [-0.05, 0) is 47.9 Å². The fourth-order valence-corrected chi connectivity index (χ4v) is 4.30. The summed E-state index contributed by atoms with van der Waals surface area (Å²) in [5.41, 5.74) is 5.45. The standard InChI is InChI=1S/C30H25N3O6/c34-27(31-32-29(36)21-8-2-1-3-9-21)19-38-30(37)22-17-28(35)33(18-22)23-13-15-24(16-14-23)39-26-12-6-10-20-7-4-5-11-25(20)26/h1-16,22H,17-19H2,(H,31,34)(H,32,36)/t22-/m1/s1. The van der Waals surface area contributed by atoms with Gasteiger partial charge in [0, 0.05) is 29.6 Å². The number of esters is 1. The van der Waals surface area contributed by atoms with E-state index >= 15 is 0 Å². The van der Waals surface area contributed by atoms with Crippen LogP contribution in [0.2, 0.25) is 0 Å². The molecule has 5 rings (SSSR count). The van der Waals surface area contributed by atoms with E-state index in [0.29, 0.717) is 17.0 Å². The number of carbonyl (C=O) groups excluding carboxylic acids is 4. The summed E-state index contributed by atoms with van der Waals surface area (Å²) in [5.74, 6) is -1.45. The highest BCUT2D eigenvalue weighted by Gasteiger charge is 2.36. The van der Waals surface area contributed by atoms with Crippen LogP contribution in [0.15, 0.2) is 97.1 Å². The van der Waals surface area contributed by atoms with E-state index in [0.717, 1.165) is 16.5 Å². The molecule has 4 aromatic carbocycles. The molecule has 1 aliphatic rings. The summed E-state index contributed by atoms with van der Waals surface area (Å²) in [5, 5.41) is 2.06. The number of fused-ring (bicyclic) bond motifs is 1. The number of carbonyl (C=O) groups is 4. The summed E-state index contributed by atoms with van der Waals surface area (Å²) in [7, 11) is 0. The average molecular weight is 524 g/mol. The van der Waals surface area contributed by atoms with E-state index < -0.39 is 30.3 Å². The fraction of sp³-hybridized carbons (Fsp3) is 0.133. The largest absolute Gasteiger partial charge is 0.457 e. The molecule has 196 valence electrons. The van der Waals surface area contributed by atoms with Gasteiger partial charge in [0.25, 0.3) is 11.8 Å². The van der Waals surface area contributed by atoms with Gasteiger partial charge in [0.2, 0.25) is 5.91 Å². The molecule has 0 aromatic heterocycles. The normalized spacial score (nSPS) is 14.6. The lowest BCUT2D eigenvalue weighted by atomic mass is 10.1. The molecule has 9 nitrogen and oxygen atoms in total. The molecule has 1 aliphatic heterocycles. The van der Waals surface area contributed by atoms with Crippen molar-refractivity contribution in [1.29, 1.82) is 0 Å². The lowest BCUT2D eigenvalue weighted by Gasteiger charge is -2.17. The Morgan fingerprint density at radius 3 is 2.33 bits per heavy atom. The summed E-state index contributed by atoms with van der Waals surface area (Å²) >= 11 is 0. The van der Waals surface area contributed by atoms with Crippen molar-refractivity contribution in [3.05, 3.63) is 103 Å². The molecule has 9 heteroatoms. The van der Waals surface area contributed by atoms with Gasteiger partial charge in [0.15, 0.2) is 6.61 Å². The first-order valence-electron chi connectivity index (χ1n) is 12.3. The van der Waals surface area contributed by atoms with Crippen molar-refractivity contribution in [2.24, 2.45) is 5.92 Å². The molecule has 1 saturated heterocycles. The van der Waals surface area contributed by atoms with Crippen molar-refractivity contribution in [3.8, 4) is 11.5 Å². The smallest absolute Gasteiger partial charge is 0.311 e. The second kappa shape index (κ2) is 11.5. The number of hydrazine groups is 1. The average Bonchev–Trinajstić information content (AvgIpc) is 3.37. The molecule has 0 bridgehead atoms. The molecule has 1 fully saturated rings. The highest BCUT2D eigenvalue weighted by molar-refractivity contribution is 6.00. The molecule has 0 spiro atoms. The highest BCUT2D eigenvalue weighted by Crippen LogP contribution is 2.32. The van der Waals surface area contributed by atoms with Crippen LogP contribution < -0.4 is 20.5 Å². The van der Waals surface area contributed by atoms with Crippen molar-refractivity contribution in [1.82, 2.24) is 10.9 Å². The number of hydrogen-bond donors (Lipinski definition) is 2. The highest BCUT2D eigenvalue weighted by atomic mass is 16.5. The van der Waals surface area contributed by atoms with Gasteiger partial charge in [0.05, 0.1) is 5.92 Å². The Morgan fingerprint density at radius 2 is 1.54 bits per heavy atom. The quantitative estimate of drug-likeness (QED) is 0.280. The van der Waals surface area contributed by atoms with Crippen LogP contribution in [0.25, 0.3) is 10.8 Å². The summed E-state index contributed by atoms with van der Waals surface area (Å²) < 4.78 is 11.1. The van der Waals surface area contributed by atoms with Crippen LogP contribution in [0.3, 0.4) is 0 Å².